The van der Waals surface area contributed by atoms with Crippen LogP contribution in [-0.4, -0.2) is 10.9 Å². The van der Waals surface area contributed by atoms with E-state index in [2.05, 4.69) is 26.2 Å². The van der Waals surface area contributed by atoms with Crippen LogP contribution in [0.3, 0.4) is 0 Å². The molecule has 2 rings (SSSR count). The monoisotopic (exact) mass is 328 g/mol. The van der Waals surface area contributed by atoms with Gasteiger partial charge in [-0.05, 0) is 46.3 Å². The standard InChI is InChI=1S/C12H7BrClFN2O/c13-9-2-1-5-16-11(9)17-12(18)8-4-3-7(14)6-10(8)15/h1-6H,(H,16,17,18). The smallest absolute Gasteiger partial charge is 0.259 e. The number of nitrogens with one attached hydrogen (secondary N) is 1. The van der Waals surface area contributed by atoms with E-state index in [0.29, 0.717) is 10.3 Å². The number of hydrogen-bond donors (Lipinski definition) is 1. The van der Waals surface area contributed by atoms with Crippen LogP contribution in [0.15, 0.2) is 41.0 Å². The van der Waals surface area contributed by atoms with Gasteiger partial charge in [-0.3, -0.25) is 4.79 Å². The number of anilines is 1. The molecule has 0 saturated heterocycles. The minimum atomic E-state index is -0.674. The van der Waals surface area contributed by atoms with Crippen molar-refractivity contribution in [2.45, 2.75) is 0 Å². The van der Waals surface area contributed by atoms with Gasteiger partial charge in [0.25, 0.3) is 5.91 Å². The van der Waals surface area contributed by atoms with Crippen LogP contribution in [0.5, 0.6) is 0 Å². The summed E-state index contributed by atoms with van der Waals surface area (Å²) in [6, 6.07) is 7.30. The van der Waals surface area contributed by atoms with Gasteiger partial charge in [0.15, 0.2) is 0 Å². The summed E-state index contributed by atoms with van der Waals surface area (Å²) in [6.45, 7) is 0. The first-order valence-corrected chi connectivity index (χ1v) is 6.12. The molecule has 0 radical (unpaired) electrons. The molecule has 1 aromatic heterocycles. The van der Waals surface area contributed by atoms with Crippen molar-refractivity contribution in [3.05, 3.63) is 57.4 Å². The fourth-order valence-corrected chi connectivity index (χ4v) is 1.84. The van der Waals surface area contributed by atoms with Gasteiger partial charge in [-0.15, -0.1) is 0 Å². The summed E-state index contributed by atoms with van der Waals surface area (Å²) in [5.74, 6) is -0.924. The first-order valence-electron chi connectivity index (χ1n) is 4.95. The Hall–Kier alpha value is -1.46. The van der Waals surface area contributed by atoms with Gasteiger partial charge in [-0.1, -0.05) is 11.6 Å². The summed E-state index contributed by atoms with van der Waals surface area (Å²) in [7, 11) is 0. The van der Waals surface area contributed by atoms with E-state index in [0.717, 1.165) is 6.07 Å². The summed E-state index contributed by atoms with van der Waals surface area (Å²) >= 11 is 8.85. The van der Waals surface area contributed by atoms with Crippen molar-refractivity contribution < 1.29 is 9.18 Å². The molecule has 3 nitrogen and oxygen atoms in total. The molecule has 1 N–H and O–H groups in total. The number of carbonyl (C=O) groups excluding carboxylic acids is 1. The van der Waals surface area contributed by atoms with E-state index in [1.807, 2.05) is 0 Å². The van der Waals surface area contributed by atoms with Crippen molar-refractivity contribution >= 4 is 39.3 Å². The van der Waals surface area contributed by atoms with Gasteiger partial charge in [-0.2, -0.15) is 0 Å². The molecule has 0 spiro atoms. The van der Waals surface area contributed by atoms with E-state index in [9.17, 15) is 9.18 Å². The predicted molar refractivity (Wildman–Crippen MR) is 71.3 cm³/mol. The summed E-state index contributed by atoms with van der Waals surface area (Å²) in [6.07, 6.45) is 1.53. The van der Waals surface area contributed by atoms with Gasteiger partial charge in [0.2, 0.25) is 0 Å². The number of carbonyl (C=O) groups is 1. The highest BCUT2D eigenvalue weighted by molar-refractivity contribution is 9.10. The Labute approximate surface area is 116 Å². The average Bonchev–Trinajstić information content (AvgIpc) is 2.32. The largest absolute Gasteiger partial charge is 0.306 e. The Balaban J connectivity index is 2.25. The Morgan fingerprint density at radius 2 is 2.17 bits per heavy atom. The molecule has 1 amide bonds. The van der Waals surface area contributed by atoms with Gasteiger partial charge in [0, 0.05) is 11.2 Å². The molecule has 0 aliphatic rings. The number of nitrogens with zero attached hydrogens (tertiary/aromatic N) is 1. The van der Waals surface area contributed by atoms with Crippen molar-refractivity contribution in [3.63, 3.8) is 0 Å². The fraction of sp³-hybridized carbons (Fsp3) is 0. The van der Waals surface area contributed by atoms with Gasteiger partial charge in [-0.25, -0.2) is 9.37 Å². The van der Waals surface area contributed by atoms with Gasteiger partial charge >= 0.3 is 0 Å². The molecule has 0 unspecified atom stereocenters. The van der Waals surface area contributed by atoms with Crippen molar-refractivity contribution in [2.24, 2.45) is 0 Å². The molecular weight excluding hydrogens is 322 g/mol. The van der Waals surface area contributed by atoms with Gasteiger partial charge < -0.3 is 5.32 Å². The molecule has 0 aliphatic heterocycles. The zero-order valence-electron chi connectivity index (χ0n) is 8.95. The minimum absolute atomic E-state index is 0.0862. The normalized spacial score (nSPS) is 10.2. The lowest BCUT2D eigenvalue weighted by molar-refractivity contribution is 0.102. The summed E-state index contributed by atoms with van der Waals surface area (Å²) in [4.78, 5) is 15.8. The third-order valence-electron chi connectivity index (χ3n) is 2.17. The number of rotatable bonds is 2. The molecule has 1 heterocycles. The van der Waals surface area contributed by atoms with Gasteiger partial charge in [0.1, 0.15) is 11.6 Å². The molecule has 0 fully saturated rings. The third-order valence-corrected chi connectivity index (χ3v) is 3.04. The third kappa shape index (κ3) is 2.86. The van der Waals surface area contributed by atoms with E-state index in [4.69, 9.17) is 11.6 Å². The number of hydrogen-bond acceptors (Lipinski definition) is 2. The quantitative estimate of drug-likeness (QED) is 0.908. The molecule has 0 aliphatic carbocycles. The lowest BCUT2D eigenvalue weighted by Crippen LogP contribution is -2.14. The highest BCUT2D eigenvalue weighted by Crippen LogP contribution is 2.20. The molecular formula is C12H7BrClFN2O. The molecule has 0 bridgehead atoms. The lowest BCUT2D eigenvalue weighted by Gasteiger charge is -2.06. The number of aromatic nitrogens is 1. The Morgan fingerprint density at radius 1 is 1.39 bits per heavy atom. The van der Waals surface area contributed by atoms with Crippen LogP contribution in [0.25, 0.3) is 0 Å². The van der Waals surface area contributed by atoms with E-state index in [-0.39, 0.29) is 10.6 Å². The molecule has 18 heavy (non-hydrogen) atoms. The van der Waals surface area contributed by atoms with Gasteiger partial charge in [0.05, 0.1) is 10.0 Å². The summed E-state index contributed by atoms with van der Waals surface area (Å²) in [5, 5.41) is 2.75. The van der Waals surface area contributed by atoms with Crippen LogP contribution in [-0.2, 0) is 0 Å². The summed E-state index contributed by atoms with van der Waals surface area (Å²) in [5.41, 5.74) is -0.0862. The molecule has 2 aromatic rings. The van der Waals surface area contributed by atoms with E-state index in [1.165, 1.54) is 18.3 Å². The maximum absolute atomic E-state index is 13.5. The SMILES string of the molecule is O=C(Nc1ncccc1Br)c1ccc(Cl)cc1F. The fourth-order valence-electron chi connectivity index (χ4n) is 1.33. The van der Waals surface area contributed by atoms with Crippen LogP contribution < -0.4 is 5.32 Å². The van der Waals surface area contributed by atoms with Crippen LogP contribution in [0.1, 0.15) is 10.4 Å². The van der Waals surface area contributed by atoms with Crippen LogP contribution in [0.4, 0.5) is 10.2 Å². The van der Waals surface area contributed by atoms with E-state index < -0.39 is 11.7 Å². The van der Waals surface area contributed by atoms with Crippen molar-refractivity contribution in [1.82, 2.24) is 4.98 Å². The Kier molecular flexibility index (Phi) is 3.93. The Morgan fingerprint density at radius 3 is 2.83 bits per heavy atom. The highest BCUT2D eigenvalue weighted by atomic mass is 79.9. The molecule has 6 heteroatoms. The maximum Gasteiger partial charge on any atom is 0.259 e. The van der Waals surface area contributed by atoms with Crippen molar-refractivity contribution in [2.75, 3.05) is 5.32 Å². The average molecular weight is 330 g/mol. The molecule has 1 aromatic carbocycles. The highest BCUT2D eigenvalue weighted by Gasteiger charge is 2.13. The minimum Gasteiger partial charge on any atom is -0.306 e. The topological polar surface area (TPSA) is 42.0 Å². The molecule has 0 atom stereocenters. The zero-order valence-corrected chi connectivity index (χ0v) is 11.3. The van der Waals surface area contributed by atoms with Crippen LogP contribution >= 0.6 is 27.5 Å². The zero-order chi connectivity index (χ0) is 13.1. The number of pyridine rings is 1. The number of amides is 1. The number of benzene rings is 1. The van der Waals surface area contributed by atoms with E-state index in [1.54, 1.807) is 12.1 Å². The predicted octanol–water partition coefficient (Wildman–Crippen LogP) is 3.89. The van der Waals surface area contributed by atoms with E-state index >= 15 is 0 Å². The second-order valence-electron chi connectivity index (χ2n) is 3.41. The molecule has 0 saturated carbocycles. The first-order chi connectivity index (χ1) is 8.58. The number of halogens is 3. The first kappa shape index (κ1) is 13.0. The molecule has 92 valence electrons. The Bertz CT molecular complexity index is 606. The second kappa shape index (κ2) is 5.46. The van der Waals surface area contributed by atoms with Crippen molar-refractivity contribution in [3.8, 4) is 0 Å². The second-order valence-corrected chi connectivity index (χ2v) is 4.70. The maximum atomic E-state index is 13.5. The van der Waals surface area contributed by atoms with Crippen molar-refractivity contribution in [1.29, 1.82) is 0 Å². The lowest BCUT2D eigenvalue weighted by atomic mass is 10.2. The summed E-state index contributed by atoms with van der Waals surface area (Å²) < 4.78 is 14.1. The van der Waals surface area contributed by atoms with Crippen LogP contribution in [0, 0.1) is 5.82 Å². The van der Waals surface area contributed by atoms with Crippen LogP contribution in [0.2, 0.25) is 5.02 Å².